The second kappa shape index (κ2) is 6.39. The quantitative estimate of drug-likeness (QED) is 0.530. The van der Waals surface area contributed by atoms with E-state index in [9.17, 15) is 4.79 Å². The molecule has 0 fully saturated rings. The van der Waals surface area contributed by atoms with E-state index in [-0.39, 0.29) is 11.8 Å². The molecule has 1 rings (SSSR count). The number of hydrogen-bond acceptors (Lipinski definition) is 1. The van der Waals surface area contributed by atoms with Crippen molar-refractivity contribution in [2.24, 2.45) is 5.92 Å². The maximum absolute atomic E-state index is 10.8. The molecular formula is C16H22O. The number of carbonyl (C=O) groups excluding carboxylic acids is 1. The number of allylic oxidation sites excluding steroid dienone is 1. The highest BCUT2D eigenvalue weighted by molar-refractivity contribution is 5.55. The van der Waals surface area contributed by atoms with Gasteiger partial charge in [0.15, 0.2) is 0 Å². The predicted molar refractivity (Wildman–Crippen MR) is 73.2 cm³/mol. The number of carbonyl (C=O) groups is 1. The van der Waals surface area contributed by atoms with Crippen LogP contribution in [0, 0.1) is 5.92 Å². The molecule has 0 bridgehead atoms. The lowest BCUT2D eigenvalue weighted by Gasteiger charge is -2.16. The van der Waals surface area contributed by atoms with Gasteiger partial charge in [0.2, 0.25) is 0 Å². The van der Waals surface area contributed by atoms with Crippen LogP contribution in [-0.4, -0.2) is 6.29 Å². The summed E-state index contributed by atoms with van der Waals surface area (Å²) in [5.74, 6) is 0.365. The van der Waals surface area contributed by atoms with Gasteiger partial charge in [0, 0.05) is 5.92 Å². The van der Waals surface area contributed by atoms with Crippen molar-refractivity contribution in [3.05, 3.63) is 47.5 Å². The largest absolute Gasteiger partial charge is 0.303 e. The van der Waals surface area contributed by atoms with Crippen molar-refractivity contribution in [1.82, 2.24) is 0 Å². The van der Waals surface area contributed by atoms with E-state index in [0.717, 1.165) is 19.1 Å². The molecule has 0 saturated heterocycles. The van der Waals surface area contributed by atoms with Crippen molar-refractivity contribution in [1.29, 1.82) is 0 Å². The molecule has 1 aromatic rings. The lowest BCUT2D eigenvalue weighted by atomic mass is 9.88. The second-order valence-corrected chi connectivity index (χ2v) is 4.99. The lowest BCUT2D eigenvalue weighted by Crippen LogP contribution is -2.07. The summed E-state index contributed by atoms with van der Waals surface area (Å²) in [6, 6.07) is 8.55. The highest BCUT2D eigenvalue weighted by Gasteiger charge is 2.13. The molecule has 0 heterocycles. The lowest BCUT2D eigenvalue weighted by molar-refractivity contribution is -0.111. The van der Waals surface area contributed by atoms with Crippen LogP contribution in [0.4, 0.5) is 0 Å². The van der Waals surface area contributed by atoms with Crippen molar-refractivity contribution in [3.8, 4) is 0 Å². The summed E-state index contributed by atoms with van der Waals surface area (Å²) in [6.07, 6.45) is 3.09. The van der Waals surface area contributed by atoms with Crippen LogP contribution in [0.25, 0.3) is 0 Å². The molecule has 17 heavy (non-hydrogen) atoms. The van der Waals surface area contributed by atoms with Gasteiger partial charge in [0.1, 0.15) is 6.29 Å². The van der Waals surface area contributed by atoms with Gasteiger partial charge < -0.3 is 4.79 Å². The molecule has 1 nitrogen and oxygen atoms in total. The van der Waals surface area contributed by atoms with Crippen LogP contribution < -0.4 is 0 Å². The Balaban J connectivity index is 2.78. The molecule has 0 aliphatic heterocycles. The standard InChI is InChI=1S/C16H22O/c1-12(2)8-9-15-6-5-7-16(10-15)14(4)13(3)11-17/h5-7,10-11,13-14H,1,8-9H2,2-4H3. The average Bonchev–Trinajstić information content (AvgIpc) is 2.34. The molecule has 2 unspecified atom stereocenters. The number of rotatable bonds is 6. The number of aldehydes is 1. The van der Waals surface area contributed by atoms with Gasteiger partial charge in [-0.3, -0.25) is 0 Å². The fourth-order valence-corrected chi connectivity index (χ4v) is 1.81. The molecular weight excluding hydrogens is 208 g/mol. The van der Waals surface area contributed by atoms with E-state index in [0.29, 0.717) is 0 Å². The summed E-state index contributed by atoms with van der Waals surface area (Å²) < 4.78 is 0. The van der Waals surface area contributed by atoms with Gasteiger partial charge in [-0.2, -0.15) is 0 Å². The molecule has 1 heteroatoms. The highest BCUT2D eigenvalue weighted by Crippen LogP contribution is 2.24. The van der Waals surface area contributed by atoms with Crippen LogP contribution in [-0.2, 0) is 11.2 Å². The molecule has 0 saturated carbocycles. The number of benzene rings is 1. The zero-order valence-corrected chi connectivity index (χ0v) is 11.1. The van der Waals surface area contributed by atoms with E-state index < -0.39 is 0 Å². The molecule has 1 aromatic carbocycles. The topological polar surface area (TPSA) is 17.1 Å². The Bertz CT molecular complexity index is 392. The van der Waals surface area contributed by atoms with Gasteiger partial charge in [-0.15, -0.1) is 6.58 Å². The maximum atomic E-state index is 10.8. The number of aryl methyl sites for hydroxylation is 1. The monoisotopic (exact) mass is 230 g/mol. The summed E-state index contributed by atoms with van der Waals surface area (Å²) in [7, 11) is 0. The highest BCUT2D eigenvalue weighted by atomic mass is 16.1. The molecule has 2 atom stereocenters. The van der Waals surface area contributed by atoms with Crippen LogP contribution in [0.15, 0.2) is 36.4 Å². The molecule has 0 aliphatic carbocycles. The van der Waals surface area contributed by atoms with Gasteiger partial charge in [0.25, 0.3) is 0 Å². The van der Waals surface area contributed by atoms with Crippen molar-refractivity contribution >= 4 is 6.29 Å². The minimum absolute atomic E-state index is 0.0754. The Morgan fingerprint density at radius 3 is 2.71 bits per heavy atom. The molecule has 0 N–H and O–H groups in total. The first-order chi connectivity index (χ1) is 8.04. The Kier molecular flexibility index (Phi) is 5.14. The van der Waals surface area contributed by atoms with E-state index in [1.54, 1.807) is 0 Å². The summed E-state index contributed by atoms with van der Waals surface area (Å²) in [6.45, 7) is 10.1. The zero-order chi connectivity index (χ0) is 12.8. The Labute approximate surface area is 105 Å². The van der Waals surface area contributed by atoms with E-state index in [2.05, 4.69) is 44.7 Å². The minimum Gasteiger partial charge on any atom is -0.303 e. The molecule has 0 aliphatic rings. The van der Waals surface area contributed by atoms with Crippen molar-refractivity contribution in [3.63, 3.8) is 0 Å². The molecule has 92 valence electrons. The molecule has 0 amide bonds. The summed E-state index contributed by atoms with van der Waals surface area (Å²) in [4.78, 5) is 10.8. The first-order valence-electron chi connectivity index (χ1n) is 6.23. The van der Waals surface area contributed by atoms with Gasteiger partial charge >= 0.3 is 0 Å². The summed E-state index contributed by atoms with van der Waals surface area (Å²) in [5, 5.41) is 0. The smallest absolute Gasteiger partial charge is 0.123 e. The first kappa shape index (κ1) is 13.7. The molecule has 0 radical (unpaired) electrons. The fourth-order valence-electron chi connectivity index (χ4n) is 1.81. The van der Waals surface area contributed by atoms with Crippen molar-refractivity contribution in [2.75, 3.05) is 0 Å². The SMILES string of the molecule is C=C(C)CCc1cccc(C(C)C(C)C=O)c1. The Morgan fingerprint density at radius 2 is 2.12 bits per heavy atom. The predicted octanol–water partition coefficient (Wildman–Crippen LogP) is 4.13. The van der Waals surface area contributed by atoms with Crippen molar-refractivity contribution < 1.29 is 4.79 Å². The zero-order valence-electron chi connectivity index (χ0n) is 11.1. The van der Waals surface area contributed by atoms with Crippen LogP contribution in [0.3, 0.4) is 0 Å². The molecule has 0 aromatic heterocycles. The van der Waals surface area contributed by atoms with Crippen molar-refractivity contribution in [2.45, 2.75) is 39.5 Å². The third-order valence-corrected chi connectivity index (χ3v) is 3.32. The molecule has 0 spiro atoms. The van der Waals surface area contributed by atoms with Gasteiger partial charge in [-0.25, -0.2) is 0 Å². The fraction of sp³-hybridized carbons (Fsp3) is 0.438. The third-order valence-electron chi connectivity index (χ3n) is 3.32. The van der Waals surface area contributed by atoms with E-state index >= 15 is 0 Å². The first-order valence-corrected chi connectivity index (χ1v) is 6.23. The van der Waals surface area contributed by atoms with Crippen LogP contribution in [0.5, 0.6) is 0 Å². The van der Waals surface area contributed by atoms with Gasteiger partial charge in [-0.05, 0) is 36.8 Å². The van der Waals surface area contributed by atoms with E-state index in [4.69, 9.17) is 0 Å². The summed E-state index contributed by atoms with van der Waals surface area (Å²) in [5.41, 5.74) is 3.80. The summed E-state index contributed by atoms with van der Waals surface area (Å²) >= 11 is 0. The maximum Gasteiger partial charge on any atom is 0.123 e. The van der Waals surface area contributed by atoms with Gasteiger partial charge in [0.05, 0.1) is 0 Å². The Hall–Kier alpha value is -1.37. The normalized spacial score (nSPS) is 14.1. The third kappa shape index (κ3) is 4.18. The minimum atomic E-state index is 0.0754. The Morgan fingerprint density at radius 1 is 1.41 bits per heavy atom. The average molecular weight is 230 g/mol. The van der Waals surface area contributed by atoms with Crippen LogP contribution >= 0.6 is 0 Å². The van der Waals surface area contributed by atoms with Crippen LogP contribution in [0.1, 0.15) is 44.2 Å². The van der Waals surface area contributed by atoms with Crippen LogP contribution in [0.2, 0.25) is 0 Å². The number of hydrogen-bond donors (Lipinski definition) is 0. The van der Waals surface area contributed by atoms with Gasteiger partial charge in [-0.1, -0.05) is 43.7 Å². The van der Waals surface area contributed by atoms with E-state index in [1.165, 1.54) is 16.7 Å². The van der Waals surface area contributed by atoms with E-state index in [1.807, 2.05) is 6.92 Å². The second-order valence-electron chi connectivity index (χ2n) is 4.99.